The smallest absolute Gasteiger partial charge is 0.338 e. The van der Waals surface area contributed by atoms with Crippen LogP contribution in [0.1, 0.15) is 31.2 Å². The predicted molar refractivity (Wildman–Crippen MR) is 150 cm³/mol. The number of anilines is 1. The number of carbonyl (C=O) groups excluding carboxylic acids is 1. The van der Waals surface area contributed by atoms with Crippen LogP contribution in [0.3, 0.4) is 0 Å². The molecule has 9 nitrogen and oxygen atoms in total. The standard InChI is InChI=1S/C27H29BrN4O5S/c1-5-36-26(34)23-16(2)29-27-32(24(23)17-6-8-20(35-4)19(28)14-17)25(33)21(38-27)15-18-7-9-22(37-18)31-12-10-30(3)11-13-31/h6-9,14-15,24H,5,10-13H2,1-4H3/b21-15+. The zero-order chi connectivity index (χ0) is 27.0. The molecule has 0 bridgehead atoms. The molecule has 2 aliphatic rings. The molecular weight excluding hydrogens is 572 g/mol. The fourth-order valence-electron chi connectivity index (χ4n) is 4.71. The van der Waals surface area contributed by atoms with E-state index in [2.05, 4.69) is 37.8 Å². The van der Waals surface area contributed by atoms with Crippen LogP contribution in [0.2, 0.25) is 0 Å². The SMILES string of the molecule is CCOC(=O)C1=C(C)N=c2s/c(=C/c3ccc(N4CCN(C)CC4)o3)c(=O)n2C1c1ccc(OC)c(Br)c1. The lowest BCUT2D eigenvalue weighted by molar-refractivity contribution is -0.139. The summed E-state index contributed by atoms with van der Waals surface area (Å²) in [5.41, 5.74) is 1.33. The summed E-state index contributed by atoms with van der Waals surface area (Å²) in [6.45, 7) is 7.45. The number of piperazine rings is 1. The van der Waals surface area contributed by atoms with Crippen molar-refractivity contribution in [1.29, 1.82) is 0 Å². The summed E-state index contributed by atoms with van der Waals surface area (Å²) in [6.07, 6.45) is 1.74. The molecule has 2 aromatic heterocycles. The van der Waals surface area contributed by atoms with Crippen molar-refractivity contribution in [2.45, 2.75) is 19.9 Å². The van der Waals surface area contributed by atoms with Gasteiger partial charge in [-0.25, -0.2) is 9.79 Å². The monoisotopic (exact) mass is 600 g/mol. The van der Waals surface area contributed by atoms with Gasteiger partial charge in [-0.2, -0.15) is 0 Å². The average molecular weight is 602 g/mol. The van der Waals surface area contributed by atoms with Gasteiger partial charge in [-0.1, -0.05) is 17.4 Å². The molecule has 1 saturated heterocycles. The number of nitrogens with zero attached hydrogens (tertiary/aromatic N) is 4. The Labute approximate surface area is 232 Å². The second kappa shape index (κ2) is 10.9. The summed E-state index contributed by atoms with van der Waals surface area (Å²) in [6, 6.07) is 8.61. The summed E-state index contributed by atoms with van der Waals surface area (Å²) >= 11 is 4.80. The van der Waals surface area contributed by atoms with E-state index in [0.717, 1.165) is 37.6 Å². The number of rotatable bonds is 6. The van der Waals surface area contributed by atoms with E-state index in [4.69, 9.17) is 13.9 Å². The average Bonchev–Trinajstić information content (AvgIpc) is 3.48. The van der Waals surface area contributed by atoms with Gasteiger partial charge >= 0.3 is 5.97 Å². The summed E-state index contributed by atoms with van der Waals surface area (Å²) in [5, 5.41) is 0. The Morgan fingerprint density at radius 1 is 1.24 bits per heavy atom. The van der Waals surface area contributed by atoms with E-state index >= 15 is 0 Å². The van der Waals surface area contributed by atoms with Crippen LogP contribution in [0.4, 0.5) is 5.88 Å². The molecule has 1 aromatic carbocycles. The lowest BCUT2D eigenvalue weighted by atomic mass is 9.96. The summed E-state index contributed by atoms with van der Waals surface area (Å²) in [5.74, 6) is 1.53. The summed E-state index contributed by atoms with van der Waals surface area (Å²) in [7, 11) is 3.69. The number of likely N-dealkylation sites (N-methyl/N-ethyl adjacent to an activating group) is 1. The van der Waals surface area contributed by atoms with Gasteiger partial charge in [0.25, 0.3) is 5.56 Å². The first-order valence-corrected chi connectivity index (χ1v) is 14.0. The normalized spacial score (nSPS) is 18.4. The predicted octanol–water partition coefficient (Wildman–Crippen LogP) is 2.91. The molecule has 1 fully saturated rings. The van der Waals surface area contributed by atoms with Crippen molar-refractivity contribution >= 4 is 45.2 Å². The molecule has 0 aliphatic carbocycles. The quantitative estimate of drug-likeness (QED) is 0.402. The number of allylic oxidation sites excluding steroid dienone is 1. The van der Waals surface area contributed by atoms with Crippen LogP contribution in [0.25, 0.3) is 6.08 Å². The van der Waals surface area contributed by atoms with Gasteiger partial charge < -0.3 is 23.7 Å². The fraction of sp³-hybridized carbons (Fsp3) is 0.370. The maximum Gasteiger partial charge on any atom is 0.338 e. The Bertz CT molecular complexity index is 1580. The van der Waals surface area contributed by atoms with E-state index in [1.807, 2.05) is 24.3 Å². The Balaban J connectivity index is 1.59. The van der Waals surface area contributed by atoms with Gasteiger partial charge in [0, 0.05) is 38.3 Å². The summed E-state index contributed by atoms with van der Waals surface area (Å²) in [4.78, 5) is 36.5. The topological polar surface area (TPSA) is 89.5 Å². The molecule has 5 rings (SSSR count). The van der Waals surface area contributed by atoms with Gasteiger partial charge in [-0.3, -0.25) is 9.36 Å². The highest BCUT2D eigenvalue weighted by Crippen LogP contribution is 2.35. The number of halogens is 1. The number of thiazole rings is 1. The zero-order valence-electron chi connectivity index (χ0n) is 21.7. The van der Waals surface area contributed by atoms with E-state index in [9.17, 15) is 9.59 Å². The van der Waals surface area contributed by atoms with Crippen molar-refractivity contribution in [3.8, 4) is 5.75 Å². The van der Waals surface area contributed by atoms with Crippen LogP contribution in [0.5, 0.6) is 5.75 Å². The van der Waals surface area contributed by atoms with Gasteiger partial charge in [0.2, 0.25) is 0 Å². The first-order chi connectivity index (χ1) is 18.3. The van der Waals surface area contributed by atoms with Crippen molar-refractivity contribution in [2.24, 2.45) is 4.99 Å². The molecule has 3 aromatic rings. The third-order valence-corrected chi connectivity index (χ3v) is 8.31. The molecule has 4 heterocycles. The van der Waals surface area contributed by atoms with E-state index < -0.39 is 12.0 Å². The maximum absolute atomic E-state index is 13.8. The van der Waals surface area contributed by atoms with Crippen LogP contribution in [0.15, 0.2) is 60.3 Å². The van der Waals surface area contributed by atoms with E-state index in [0.29, 0.717) is 36.6 Å². The van der Waals surface area contributed by atoms with Gasteiger partial charge in [-0.05, 0) is 60.6 Å². The van der Waals surface area contributed by atoms with Crippen molar-refractivity contribution < 1.29 is 18.7 Å². The lowest BCUT2D eigenvalue weighted by Gasteiger charge is -2.32. The Morgan fingerprint density at radius 3 is 2.68 bits per heavy atom. The molecule has 1 unspecified atom stereocenters. The van der Waals surface area contributed by atoms with Crippen molar-refractivity contribution in [1.82, 2.24) is 9.47 Å². The number of benzene rings is 1. The second-order valence-corrected chi connectivity index (χ2v) is 11.0. The first kappa shape index (κ1) is 26.5. The minimum Gasteiger partial charge on any atom is -0.496 e. The molecule has 0 radical (unpaired) electrons. The Hall–Kier alpha value is -3.15. The molecule has 0 amide bonds. The van der Waals surface area contributed by atoms with E-state index in [1.165, 1.54) is 11.3 Å². The fourth-order valence-corrected chi connectivity index (χ4v) is 6.29. The minimum absolute atomic E-state index is 0.215. The number of carbonyl (C=O) groups is 1. The molecule has 200 valence electrons. The number of furan rings is 1. The van der Waals surface area contributed by atoms with Crippen LogP contribution in [-0.2, 0) is 9.53 Å². The van der Waals surface area contributed by atoms with Crippen molar-refractivity contribution in [3.05, 3.63) is 77.1 Å². The highest BCUT2D eigenvalue weighted by atomic mass is 79.9. The van der Waals surface area contributed by atoms with Gasteiger partial charge in [0.1, 0.15) is 11.5 Å². The van der Waals surface area contributed by atoms with Crippen LogP contribution >= 0.6 is 27.3 Å². The first-order valence-electron chi connectivity index (χ1n) is 12.4. The molecule has 0 saturated carbocycles. The minimum atomic E-state index is -0.702. The molecule has 38 heavy (non-hydrogen) atoms. The Kier molecular flexibility index (Phi) is 7.60. The van der Waals surface area contributed by atoms with Crippen LogP contribution in [0, 0.1) is 0 Å². The molecule has 11 heteroatoms. The van der Waals surface area contributed by atoms with Crippen LogP contribution in [-0.4, -0.2) is 62.4 Å². The number of fused-ring (bicyclic) bond motifs is 1. The maximum atomic E-state index is 13.8. The third-order valence-electron chi connectivity index (χ3n) is 6.71. The number of hydrogen-bond donors (Lipinski definition) is 0. The highest BCUT2D eigenvalue weighted by molar-refractivity contribution is 9.10. The second-order valence-electron chi connectivity index (χ2n) is 9.16. The molecule has 1 atom stereocenters. The number of hydrogen-bond acceptors (Lipinski definition) is 9. The number of methoxy groups -OCH3 is 1. The largest absolute Gasteiger partial charge is 0.496 e. The zero-order valence-corrected chi connectivity index (χ0v) is 24.1. The summed E-state index contributed by atoms with van der Waals surface area (Å²) < 4.78 is 19.6. The van der Waals surface area contributed by atoms with Gasteiger partial charge in [0.15, 0.2) is 10.7 Å². The van der Waals surface area contributed by atoms with Crippen molar-refractivity contribution in [2.75, 3.05) is 51.8 Å². The molecular formula is C27H29BrN4O5S. The molecule has 0 spiro atoms. The molecule has 0 N–H and O–H groups in total. The van der Waals surface area contributed by atoms with E-state index in [1.54, 1.807) is 37.7 Å². The molecule has 2 aliphatic heterocycles. The third kappa shape index (κ3) is 4.97. The lowest BCUT2D eigenvalue weighted by Crippen LogP contribution is -2.44. The Morgan fingerprint density at radius 2 is 2.00 bits per heavy atom. The van der Waals surface area contributed by atoms with E-state index in [-0.39, 0.29) is 12.2 Å². The number of aromatic nitrogens is 1. The highest BCUT2D eigenvalue weighted by Gasteiger charge is 2.33. The van der Waals surface area contributed by atoms with Crippen molar-refractivity contribution in [3.63, 3.8) is 0 Å². The number of ether oxygens (including phenoxy) is 2. The number of esters is 1. The van der Waals surface area contributed by atoms with Crippen LogP contribution < -0.4 is 24.5 Å². The van der Waals surface area contributed by atoms with Gasteiger partial charge in [-0.15, -0.1) is 0 Å². The van der Waals surface area contributed by atoms with Gasteiger partial charge in [0.05, 0.1) is 40.0 Å².